The van der Waals surface area contributed by atoms with Crippen molar-refractivity contribution in [3.8, 4) is 0 Å². The number of sulfonamides is 1. The Morgan fingerprint density at radius 2 is 1.54 bits per heavy atom. The van der Waals surface area contributed by atoms with Gasteiger partial charge in [-0.2, -0.15) is 0 Å². The number of allylic oxidation sites excluding steroid dienone is 3. The van der Waals surface area contributed by atoms with Crippen molar-refractivity contribution in [3.05, 3.63) is 65.3 Å². The van der Waals surface area contributed by atoms with Crippen LogP contribution in [-0.2, 0) is 19.6 Å². The predicted molar refractivity (Wildman–Crippen MR) is 106 cm³/mol. The van der Waals surface area contributed by atoms with Gasteiger partial charge >= 0.3 is 0 Å². The van der Waals surface area contributed by atoms with Crippen molar-refractivity contribution in [1.82, 2.24) is 4.31 Å². The van der Waals surface area contributed by atoms with Crippen LogP contribution in [0.25, 0.3) is 0 Å². The lowest BCUT2D eigenvalue weighted by Gasteiger charge is -2.27. The number of ketones is 1. The van der Waals surface area contributed by atoms with Gasteiger partial charge in [-0.25, -0.2) is 12.7 Å². The molecule has 146 valence electrons. The van der Waals surface area contributed by atoms with Crippen LogP contribution in [0.3, 0.4) is 0 Å². The molecule has 28 heavy (non-hydrogen) atoms. The summed E-state index contributed by atoms with van der Waals surface area (Å²) in [7, 11) is -3.97. The largest absolute Gasteiger partial charge is 0.290 e. The van der Waals surface area contributed by atoms with E-state index < -0.39 is 21.3 Å². The van der Waals surface area contributed by atoms with Crippen molar-refractivity contribution in [3.63, 3.8) is 0 Å². The maximum absolute atomic E-state index is 13.4. The second kappa shape index (κ2) is 6.85. The Morgan fingerprint density at radius 3 is 2.14 bits per heavy atom. The highest BCUT2D eigenvalue weighted by atomic mass is 32.2. The fourth-order valence-electron chi connectivity index (χ4n) is 4.30. The molecule has 3 aliphatic rings. The molecule has 0 bridgehead atoms. The van der Waals surface area contributed by atoms with E-state index in [4.69, 9.17) is 0 Å². The fraction of sp³-hybridized carbons (Fsp3) is 0.364. The molecule has 1 spiro atoms. The number of rotatable bonds is 2. The van der Waals surface area contributed by atoms with Gasteiger partial charge in [0.1, 0.15) is 0 Å². The van der Waals surface area contributed by atoms with Gasteiger partial charge in [-0.3, -0.25) is 9.59 Å². The zero-order valence-corrected chi connectivity index (χ0v) is 16.7. The Morgan fingerprint density at radius 1 is 0.929 bits per heavy atom. The highest BCUT2D eigenvalue weighted by Gasteiger charge is 2.51. The van der Waals surface area contributed by atoms with Crippen LogP contribution in [-0.4, -0.2) is 31.0 Å². The third kappa shape index (κ3) is 3.05. The van der Waals surface area contributed by atoms with Crippen molar-refractivity contribution in [2.24, 2.45) is 5.41 Å². The molecule has 5 nitrogen and oxygen atoms in total. The maximum Gasteiger partial charge on any atom is 0.266 e. The van der Waals surface area contributed by atoms with E-state index in [2.05, 4.69) is 0 Å². The molecule has 6 heteroatoms. The highest BCUT2D eigenvalue weighted by molar-refractivity contribution is 7.89. The summed E-state index contributed by atoms with van der Waals surface area (Å²) in [4.78, 5) is 25.2. The first-order valence-corrected chi connectivity index (χ1v) is 11.1. The van der Waals surface area contributed by atoms with E-state index in [-0.39, 0.29) is 17.2 Å². The molecular formula is C22H23NO4S. The number of carbonyl (C=O) groups is 2. The highest BCUT2D eigenvalue weighted by Crippen LogP contribution is 2.46. The standard InChI is InChI=1S/C22H23NO4S/c1-16-7-9-19(10-8-16)28(26,27)23-15-22(13-11-18(24)12-14-22)20(21(23)25)17-5-3-2-4-6-17/h7-14H,2-6,15H2,1H3. The Hall–Kier alpha value is -2.47. The number of carbonyl (C=O) groups excluding carboxylic acids is 2. The molecule has 0 aromatic heterocycles. The normalized spacial score (nSPS) is 21.8. The van der Waals surface area contributed by atoms with Gasteiger partial charge in [0.15, 0.2) is 5.78 Å². The lowest BCUT2D eigenvalue weighted by atomic mass is 9.74. The predicted octanol–water partition coefficient (Wildman–Crippen LogP) is 3.47. The summed E-state index contributed by atoms with van der Waals surface area (Å²) < 4.78 is 27.5. The Bertz CT molecular complexity index is 1000. The SMILES string of the molecule is Cc1ccc(S(=O)(=O)N2CC3(C=CC(=O)C=C3)C(=C3CCCCC3)C2=O)cc1. The minimum Gasteiger partial charge on any atom is -0.290 e. The molecule has 1 saturated heterocycles. The maximum atomic E-state index is 13.4. The van der Waals surface area contributed by atoms with Crippen LogP contribution < -0.4 is 0 Å². The number of hydrogen-bond donors (Lipinski definition) is 0. The van der Waals surface area contributed by atoms with Crippen LogP contribution >= 0.6 is 0 Å². The molecule has 4 rings (SSSR count). The second-order valence-electron chi connectivity index (χ2n) is 7.78. The van der Waals surface area contributed by atoms with Crippen LogP contribution in [0.4, 0.5) is 0 Å². The minimum atomic E-state index is -3.97. The van der Waals surface area contributed by atoms with Crippen molar-refractivity contribution >= 4 is 21.7 Å². The molecule has 1 heterocycles. The molecule has 1 aromatic carbocycles. The first-order valence-electron chi connectivity index (χ1n) is 9.62. The Kier molecular flexibility index (Phi) is 4.62. The summed E-state index contributed by atoms with van der Waals surface area (Å²) in [6, 6.07) is 6.52. The molecule has 1 aromatic rings. The van der Waals surface area contributed by atoms with E-state index in [0.717, 1.165) is 47.5 Å². The topological polar surface area (TPSA) is 71.5 Å². The Balaban J connectivity index is 1.82. The van der Waals surface area contributed by atoms with Gasteiger partial charge in [-0.15, -0.1) is 0 Å². The van der Waals surface area contributed by atoms with Gasteiger partial charge in [0, 0.05) is 5.57 Å². The number of benzene rings is 1. The Labute approximate surface area is 165 Å². The van der Waals surface area contributed by atoms with E-state index >= 15 is 0 Å². The molecule has 0 radical (unpaired) electrons. The van der Waals surface area contributed by atoms with E-state index in [0.29, 0.717) is 5.57 Å². The van der Waals surface area contributed by atoms with Gasteiger partial charge in [0.05, 0.1) is 16.9 Å². The molecule has 2 fully saturated rings. The number of hydrogen-bond acceptors (Lipinski definition) is 4. The van der Waals surface area contributed by atoms with Crippen molar-refractivity contribution in [2.75, 3.05) is 6.54 Å². The summed E-state index contributed by atoms with van der Waals surface area (Å²) in [5, 5.41) is 0. The summed E-state index contributed by atoms with van der Waals surface area (Å²) in [6.07, 6.45) is 11.0. The molecular weight excluding hydrogens is 374 g/mol. The number of nitrogens with zero attached hydrogens (tertiary/aromatic N) is 1. The molecule has 1 saturated carbocycles. The van der Waals surface area contributed by atoms with E-state index in [1.54, 1.807) is 24.3 Å². The average Bonchev–Trinajstić information content (AvgIpc) is 2.98. The second-order valence-corrected chi connectivity index (χ2v) is 9.64. The zero-order chi connectivity index (χ0) is 19.9. The average molecular weight is 397 g/mol. The fourth-order valence-corrected chi connectivity index (χ4v) is 5.73. The van der Waals surface area contributed by atoms with Crippen LogP contribution in [0.1, 0.15) is 37.7 Å². The lowest BCUT2D eigenvalue weighted by Crippen LogP contribution is -2.34. The van der Waals surface area contributed by atoms with E-state index in [1.165, 1.54) is 24.3 Å². The number of amides is 1. The van der Waals surface area contributed by atoms with Gasteiger partial charge in [0.2, 0.25) is 0 Å². The third-order valence-electron chi connectivity index (χ3n) is 5.82. The zero-order valence-electron chi connectivity index (χ0n) is 15.8. The van der Waals surface area contributed by atoms with E-state index in [1.807, 2.05) is 6.92 Å². The summed E-state index contributed by atoms with van der Waals surface area (Å²) in [6.45, 7) is 1.88. The lowest BCUT2D eigenvalue weighted by molar-refractivity contribution is -0.120. The molecule has 0 unspecified atom stereocenters. The van der Waals surface area contributed by atoms with Gasteiger partial charge in [-0.1, -0.05) is 41.8 Å². The van der Waals surface area contributed by atoms with Gasteiger partial charge in [-0.05, 0) is 56.9 Å². The van der Waals surface area contributed by atoms with E-state index in [9.17, 15) is 18.0 Å². The molecule has 0 N–H and O–H groups in total. The van der Waals surface area contributed by atoms with Crippen LogP contribution in [0, 0.1) is 12.3 Å². The molecule has 2 aliphatic carbocycles. The third-order valence-corrected chi connectivity index (χ3v) is 7.56. The van der Waals surface area contributed by atoms with Crippen LogP contribution in [0.15, 0.2) is 64.6 Å². The van der Waals surface area contributed by atoms with Crippen molar-refractivity contribution in [1.29, 1.82) is 0 Å². The first kappa shape index (κ1) is 18.9. The van der Waals surface area contributed by atoms with Crippen molar-refractivity contribution < 1.29 is 18.0 Å². The van der Waals surface area contributed by atoms with Gasteiger partial charge in [0.25, 0.3) is 15.9 Å². The number of aryl methyl sites for hydroxylation is 1. The molecule has 1 amide bonds. The molecule has 1 aliphatic heterocycles. The smallest absolute Gasteiger partial charge is 0.266 e. The first-order chi connectivity index (χ1) is 13.3. The summed E-state index contributed by atoms with van der Waals surface area (Å²) in [5.74, 6) is -0.605. The monoisotopic (exact) mass is 397 g/mol. The quantitative estimate of drug-likeness (QED) is 0.717. The van der Waals surface area contributed by atoms with Crippen LogP contribution in [0.2, 0.25) is 0 Å². The van der Waals surface area contributed by atoms with Crippen LogP contribution in [0.5, 0.6) is 0 Å². The molecule has 0 atom stereocenters. The van der Waals surface area contributed by atoms with Crippen molar-refractivity contribution in [2.45, 2.75) is 43.9 Å². The summed E-state index contributed by atoms with van der Waals surface area (Å²) in [5.41, 5.74) is 1.67. The minimum absolute atomic E-state index is 0.00115. The van der Waals surface area contributed by atoms with Gasteiger partial charge < -0.3 is 0 Å². The summed E-state index contributed by atoms with van der Waals surface area (Å²) >= 11 is 0.